The smallest absolute Gasteiger partial charge is 0.267 e. The van der Waals surface area contributed by atoms with Gasteiger partial charge in [0.2, 0.25) is 5.91 Å². The molecule has 0 bridgehead atoms. The summed E-state index contributed by atoms with van der Waals surface area (Å²) in [7, 11) is 0. The fourth-order valence-electron chi connectivity index (χ4n) is 3.17. The summed E-state index contributed by atoms with van der Waals surface area (Å²) in [5.41, 5.74) is 1.18. The third-order valence-electron chi connectivity index (χ3n) is 4.73. The summed E-state index contributed by atoms with van der Waals surface area (Å²) < 4.78 is 6.50. The summed E-state index contributed by atoms with van der Waals surface area (Å²) in [6.45, 7) is 5.54. The molecule has 1 amide bonds. The van der Waals surface area contributed by atoms with Gasteiger partial charge in [-0.1, -0.05) is 42.0 Å². The first-order chi connectivity index (χ1) is 15.0. The minimum absolute atomic E-state index is 0.225. The Kier molecular flexibility index (Phi) is 5.85. The van der Waals surface area contributed by atoms with Gasteiger partial charge in [-0.3, -0.25) is 9.59 Å². The molecule has 9 heteroatoms. The van der Waals surface area contributed by atoms with Crippen LogP contribution in [0, 0.1) is 13.8 Å². The predicted octanol–water partition coefficient (Wildman–Crippen LogP) is 3.89. The van der Waals surface area contributed by atoms with Crippen LogP contribution in [0.2, 0.25) is 0 Å². The van der Waals surface area contributed by atoms with E-state index in [9.17, 15) is 9.59 Å². The highest BCUT2D eigenvalue weighted by molar-refractivity contribution is 8.00. The van der Waals surface area contributed by atoms with Crippen molar-refractivity contribution in [2.24, 2.45) is 0 Å². The third kappa shape index (κ3) is 4.22. The summed E-state index contributed by atoms with van der Waals surface area (Å²) in [6, 6.07) is 12.5. The van der Waals surface area contributed by atoms with Crippen LogP contribution in [0.25, 0.3) is 16.7 Å². The zero-order valence-corrected chi connectivity index (χ0v) is 18.1. The van der Waals surface area contributed by atoms with E-state index >= 15 is 0 Å². The Morgan fingerprint density at radius 1 is 1.23 bits per heavy atom. The maximum absolute atomic E-state index is 13.4. The SMILES string of the molecule is CCC(Sc1nc2ccccc2c(=O)n1-c1ncccc1C)C(=O)Nc1cc(C)on1. The maximum Gasteiger partial charge on any atom is 0.267 e. The number of hydrogen-bond acceptors (Lipinski definition) is 7. The zero-order chi connectivity index (χ0) is 22.0. The number of pyridine rings is 1. The van der Waals surface area contributed by atoms with Crippen molar-refractivity contribution >= 4 is 34.4 Å². The van der Waals surface area contributed by atoms with Crippen LogP contribution in [0.3, 0.4) is 0 Å². The second kappa shape index (κ2) is 8.73. The fraction of sp³-hybridized carbons (Fsp3) is 0.227. The van der Waals surface area contributed by atoms with Crippen LogP contribution < -0.4 is 10.9 Å². The summed E-state index contributed by atoms with van der Waals surface area (Å²) in [6.07, 6.45) is 2.16. The van der Waals surface area contributed by atoms with Crippen LogP contribution in [-0.4, -0.2) is 30.8 Å². The number of aromatic nitrogens is 4. The molecule has 1 atom stereocenters. The molecule has 0 fully saturated rings. The molecule has 0 spiro atoms. The molecule has 0 saturated heterocycles. The minimum atomic E-state index is -0.500. The highest BCUT2D eigenvalue weighted by Crippen LogP contribution is 2.28. The first-order valence-electron chi connectivity index (χ1n) is 9.82. The zero-order valence-electron chi connectivity index (χ0n) is 17.3. The van der Waals surface area contributed by atoms with Gasteiger partial charge in [0, 0.05) is 12.3 Å². The van der Waals surface area contributed by atoms with Crippen molar-refractivity contribution in [3.8, 4) is 5.82 Å². The van der Waals surface area contributed by atoms with E-state index in [1.807, 2.05) is 32.0 Å². The predicted molar refractivity (Wildman–Crippen MR) is 120 cm³/mol. The molecular formula is C22H21N5O3S. The van der Waals surface area contributed by atoms with Gasteiger partial charge in [-0.25, -0.2) is 14.5 Å². The number of aryl methyl sites for hydroxylation is 2. The number of nitrogens with zero attached hydrogens (tertiary/aromatic N) is 4. The summed E-state index contributed by atoms with van der Waals surface area (Å²) in [4.78, 5) is 35.4. The van der Waals surface area contributed by atoms with E-state index in [1.165, 1.54) is 16.3 Å². The van der Waals surface area contributed by atoms with E-state index in [1.54, 1.807) is 37.4 Å². The number of hydrogen-bond donors (Lipinski definition) is 1. The highest BCUT2D eigenvalue weighted by atomic mass is 32.2. The van der Waals surface area contributed by atoms with Gasteiger partial charge in [0.05, 0.1) is 16.2 Å². The van der Waals surface area contributed by atoms with Crippen LogP contribution in [0.1, 0.15) is 24.7 Å². The molecule has 0 saturated carbocycles. The number of benzene rings is 1. The van der Waals surface area contributed by atoms with Crippen LogP contribution in [0.15, 0.2) is 63.1 Å². The van der Waals surface area contributed by atoms with E-state index < -0.39 is 5.25 Å². The van der Waals surface area contributed by atoms with Crippen LogP contribution >= 0.6 is 11.8 Å². The largest absolute Gasteiger partial charge is 0.360 e. The maximum atomic E-state index is 13.4. The number of rotatable bonds is 6. The van der Waals surface area contributed by atoms with E-state index in [0.29, 0.717) is 39.9 Å². The van der Waals surface area contributed by atoms with Crippen molar-refractivity contribution in [1.82, 2.24) is 19.7 Å². The van der Waals surface area contributed by atoms with E-state index in [4.69, 9.17) is 9.51 Å². The number of para-hydroxylation sites is 1. The molecule has 0 radical (unpaired) electrons. The molecule has 158 valence electrons. The Morgan fingerprint density at radius 3 is 2.74 bits per heavy atom. The third-order valence-corrected chi connectivity index (χ3v) is 6.05. The second-order valence-corrected chi connectivity index (χ2v) is 8.19. The number of carbonyl (C=O) groups excluding carboxylic acids is 1. The van der Waals surface area contributed by atoms with Crippen molar-refractivity contribution in [1.29, 1.82) is 0 Å². The van der Waals surface area contributed by atoms with Gasteiger partial charge in [-0.05, 0) is 44.0 Å². The van der Waals surface area contributed by atoms with E-state index in [2.05, 4.69) is 15.5 Å². The molecule has 8 nitrogen and oxygen atoms in total. The van der Waals surface area contributed by atoms with Gasteiger partial charge in [-0.2, -0.15) is 0 Å². The molecule has 4 rings (SSSR count). The number of nitrogens with one attached hydrogen (secondary N) is 1. The molecule has 3 heterocycles. The molecule has 1 aromatic carbocycles. The monoisotopic (exact) mass is 435 g/mol. The first-order valence-corrected chi connectivity index (χ1v) is 10.7. The molecule has 3 aromatic heterocycles. The van der Waals surface area contributed by atoms with Crippen LogP contribution in [0.4, 0.5) is 5.82 Å². The van der Waals surface area contributed by atoms with Gasteiger partial charge < -0.3 is 9.84 Å². The van der Waals surface area contributed by atoms with Crippen LogP contribution in [-0.2, 0) is 4.79 Å². The van der Waals surface area contributed by atoms with Gasteiger partial charge in [0.1, 0.15) is 11.6 Å². The molecule has 0 aliphatic heterocycles. The van der Waals surface area contributed by atoms with E-state index in [-0.39, 0.29) is 11.5 Å². The minimum Gasteiger partial charge on any atom is -0.360 e. The molecule has 0 aliphatic carbocycles. The van der Waals surface area contributed by atoms with Gasteiger partial charge in [0.15, 0.2) is 11.0 Å². The Balaban J connectivity index is 1.78. The number of carbonyl (C=O) groups is 1. The number of thioether (sulfide) groups is 1. The van der Waals surface area contributed by atoms with Crippen molar-refractivity contribution in [3.63, 3.8) is 0 Å². The lowest BCUT2D eigenvalue weighted by molar-refractivity contribution is -0.115. The quantitative estimate of drug-likeness (QED) is 0.362. The average Bonchev–Trinajstić information content (AvgIpc) is 3.17. The molecule has 1 unspecified atom stereocenters. The molecule has 31 heavy (non-hydrogen) atoms. The Labute approximate surface area is 182 Å². The topological polar surface area (TPSA) is 103 Å². The Hall–Kier alpha value is -3.46. The summed E-state index contributed by atoms with van der Waals surface area (Å²) >= 11 is 1.22. The van der Waals surface area contributed by atoms with Crippen molar-refractivity contribution < 1.29 is 9.32 Å². The number of amides is 1. The average molecular weight is 436 g/mol. The molecule has 1 N–H and O–H groups in total. The molecule has 0 aliphatic rings. The Morgan fingerprint density at radius 2 is 2.03 bits per heavy atom. The van der Waals surface area contributed by atoms with Crippen molar-refractivity contribution in [2.45, 2.75) is 37.6 Å². The van der Waals surface area contributed by atoms with E-state index in [0.717, 1.165) is 5.56 Å². The standard InChI is InChI=1S/C22H21N5O3S/c1-4-17(20(28)25-18-12-14(3)30-26-18)31-22-24-16-10-6-5-9-15(16)21(29)27(22)19-13(2)8-7-11-23-19/h5-12,17H,4H2,1-3H3,(H,25,26,28). The van der Waals surface area contributed by atoms with Crippen molar-refractivity contribution in [3.05, 3.63) is 70.3 Å². The van der Waals surface area contributed by atoms with Crippen molar-refractivity contribution in [2.75, 3.05) is 5.32 Å². The lowest BCUT2D eigenvalue weighted by Gasteiger charge is -2.18. The van der Waals surface area contributed by atoms with Gasteiger partial charge in [-0.15, -0.1) is 0 Å². The van der Waals surface area contributed by atoms with Gasteiger partial charge in [0.25, 0.3) is 5.56 Å². The summed E-state index contributed by atoms with van der Waals surface area (Å²) in [5.74, 6) is 1.21. The number of fused-ring (bicyclic) bond motifs is 1. The summed E-state index contributed by atoms with van der Waals surface area (Å²) in [5, 5.41) is 6.97. The lowest BCUT2D eigenvalue weighted by atomic mass is 10.2. The molecular weight excluding hydrogens is 414 g/mol. The first kappa shape index (κ1) is 20.8. The highest BCUT2D eigenvalue weighted by Gasteiger charge is 2.24. The van der Waals surface area contributed by atoms with Gasteiger partial charge >= 0.3 is 0 Å². The Bertz CT molecular complexity index is 1310. The lowest BCUT2D eigenvalue weighted by Crippen LogP contribution is -2.28. The van der Waals surface area contributed by atoms with Crippen LogP contribution in [0.5, 0.6) is 0 Å². The normalized spacial score (nSPS) is 12.1. The second-order valence-electron chi connectivity index (χ2n) is 7.02. The molecule has 4 aromatic rings. The fourth-order valence-corrected chi connectivity index (χ4v) is 4.18. The number of anilines is 1.